The van der Waals surface area contributed by atoms with E-state index < -0.39 is 0 Å². The molecule has 1 saturated carbocycles. The summed E-state index contributed by atoms with van der Waals surface area (Å²) in [5.74, 6) is 1.35. The zero-order valence-electron chi connectivity index (χ0n) is 18.2. The first-order valence-corrected chi connectivity index (χ1v) is 12.4. The van der Waals surface area contributed by atoms with Crippen molar-refractivity contribution in [2.75, 3.05) is 0 Å². The van der Waals surface area contributed by atoms with Crippen molar-refractivity contribution in [1.29, 1.82) is 0 Å². The average Bonchev–Trinajstić information content (AvgIpc) is 3.37. The summed E-state index contributed by atoms with van der Waals surface area (Å²) in [6, 6.07) is 15.4. The highest BCUT2D eigenvalue weighted by Gasteiger charge is 2.46. The van der Waals surface area contributed by atoms with Gasteiger partial charge in [-0.2, -0.15) is 0 Å². The number of thioether (sulfide) groups is 1. The van der Waals surface area contributed by atoms with Crippen molar-refractivity contribution >= 4 is 28.5 Å². The van der Waals surface area contributed by atoms with Gasteiger partial charge in [-0.1, -0.05) is 81.8 Å². The molecule has 2 nitrogen and oxygen atoms in total. The van der Waals surface area contributed by atoms with Crippen molar-refractivity contribution < 1.29 is 9.53 Å². The fourth-order valence-electron chi connectivity index (χ4n) is 5.84. The van der Waals surface area contributed by atoms with Crippen molar-refractivity contribution in [2.24, 2.45) is 17.8 Å². The van der Waals surface area contributed by atoms with Gasteiger partial charge in [-0.3, -0.25) is 4.79 Å². The number of carbonyl (C=O) groups excluding carboxylic acids is 1. The summed E-state index contributed by atoms with van der Waals surface area (Å²) in [4.78, 5) is 13.1. The van der Waals surface area contributed by atoms with Gasteiger partial charge in [-0.05, 0) is 46.9 Å². The SMILES string of the molecule is C[C@@H]1CC[C@@H](C(C)(C)c2ccc3ccccc3c2)[C@H](OC(=O)[C@@H]2S[C@H]3C=C[C@@H]2C3)C1. The van der Waals surface area contributed by atoms with E-state index >= 15 is 0 Å². The van der Waals surface area contributed by atoms with Crippen LogP contribution in [0.1, 0.15) is 52.0 Å². The number of esters is 1. The molecule has 1 saturated heterocycles. The van der Waals surface area contributed by atoms with E-state index in [2.05, 4.69) is 75.4 Å². The molecule has 3 aliphatic rings. The van der Waals surface area contributed by atoms with Crippen LogP contribution in [0.5, 0.6) is 0 Å². The van der Waals surface area contributed by atoms with Gasteiger partial charge in [0.2, 0.25) is 0 Å². The molecule has 1 aliphatic heterocycles. The van der Waals surface area contributed by atoms with E-state index in [-0.39, 0.29) is 22.7 Å². The lowest BCUT2D eigenvalue weighted by Crippen LogP contribution is -2.44. The summed E-state index contributed by atoms with van der Waals surface area (Å²) in [7, 11) is 0. The monoisotopic (exact) mass is 420 g/mol. The molecule has 158 valence electrons. The average molecular weight is 421 g/mol. The summed E-state index contributed by atoms with van der Waals surface area (Å²) in [6.07, 6.45) is 8.91. The van der Waals surface area contributed by atoms with Crippen molar-refractivity contribution in [3.63, 3.8) is 0 Å². The van der Waals surface area contributed by atoms with E-state index in [4.69, 9.17) is 4.74 Å². The summed E-state index contributed by atoms with van der Waals surface area (Å²) in [5, 5.41) is 3.08. The molecule has 0 unspecified atom stereocenters. The van der Waals surface area contributed by atoms with Crippen LogP contribution in [-0.2, 0) is 14.9 Å². The molecule has 0 N–H and O–H groups in total. The molecular weight excluding hydrogens is 388 g/mol. The maximum absolute atomic E-state index is 13.1. The number of allylic oxidation sites excluding steroid dienone is 1. The molecule has 0 aromatic heterocycles. The van der Waals surface area contributed by atoms with Gasteiger partial charge < -0.3 is 4.74 Å². The molecule has 0 radical (unpaired) electrons. The molecular formula is C27H32O2S. The van der Waals surface area contributed by atoms with Gasteiger partial charge in [-0.15, -0.1) is 11.8 Å². The number of benzene rings is 2. The Balaban J connectivity index is 1.39. The van der Waals surface area contributed by atoms with Crippen LogP contribution in [0.15, 0.2) is 54.6 Å². The number of carbonyl (C=O) groups is 1. The third-order valence-corrected chi connectivity index (χ3v) is 9.30. The number of hydrogen-bond acceptors (Lipinski definition) is 3. The Morgan fingerprint density at radius 3 is 2.57 bits per heavy atom. The van der Waals surface area contributed by atoms with Gasteiger partial charge in [0, 0.05) is 17.1 Å². The lowest BCUT2D eigenvalue weighted by atomic mass is 9.64. The molecule has 5 rings (SSSR count). The van der Waals surface area contributed by atoms with Gasteiger partial charge >= 0.3 is 5.97 Å². The topological polar surface area (TPSA) is 26.3 Å². The highest BCUT2D eigenvalue weighted by atomic mass is 32.2. The quantitative estimate of drug-likeness (QED) is 0.416. The second kappa shape index (κ2) is 7.75. The number of ether oxygens (including phenoxy) is 1. The smallest absolute Gasteiger partial charge is 0.319 e. The first-order valence-electron chi connectivity index (χ1n) is 11.5. The van der Waals surface area contributed by atoms with Crippen LogP contribution in [-0.4, -0.2) is 22.6 Å². The van der Waals surface area contributed by atoms with Crippen molar-refractivity contribution in [2.45, 2.75) is 68.5 Å². The summed E-state index contributed by atoms with van der Waals surface area (Å²) in [5.41, 5.74) is 1.30. The standard InChI is InChI=1S/C27H32O2S/c1-17-8-13-23(24(14-17)29-26(28)25-20-10-12-22(16-20)30-25)27(2,3)21-11-9-18-6-4-5-7-19(18)15-21/h4-7,9-12,15,17,20,22-25H,8,13-14,16H2,1-3H3/t17-,20-,22+,23-,24-,25-/m1/s1. The first-order chi connectivity index (χ1) is 14.4. The van der Waals surface area contributed by atoms with E-state index in [1.165, 1.54) is 22.8 Å². The second-order valence-electron chi connectivity index (χ2n) is 10.2. The van der Waals surface area contributed by atoms with Gasteiger partial charge in [0.15, 0.2) is 0 Å². The lowest BCUT2D eigenvalue weighted by Gasteiger charge is -2.44. The molecule has 2 aromatic carbocycles. The second-order valence-corrected chi connectivity index (χ2v) is 11.5. The minimum atomic E-state index is -0.0448. The predicted molar refractivity (Wildman–Crippen MR) is 126 cm³/mol. The maximum atomic E-state index is 13.1. The van der Waals surface area contributed by atoms with Crippen LogP contribution in [0.25, 0.3) is 10.8 Å². The molecule has 0 amide bonds. The molecule has 30 heavy (non-hydrogen) atoms. The highest BCUT2D eigenvalue weighted by Crippen LogP contribution is 2.47. The maximum Gasteiger partial charge on any atom is 0.319 e. The van der Waals surface area contributed by atoms with E-state index in [0.717, 1.165) is 19.3 Å². The van der Waals surface area contributed by atoms with E-state index in [1.54, 1.807) is 11.8 Å². The van der Waals surface area contributed by atoms with E-state index in [0.29, 0.717) is 23.0 Å². The minimum absolute atomic E-state index is 0.00154. The first kappa shape index (κ1) is 20.2. The molecule has 2 aliphatic carbocycles. The molecule has 3 heteroatoms. The Kier molecular flexibility index (Phi) is 5.21. The van der Waals surface area contributed by atoms with Crippen molar-refractivity contribution in [3.8, 4) is 0 Å². The summed E-state index contributed by atoms with van der Waals surface area (Å²) in [6.45, 7) is 6.98. The minimum Gasteiger partial charge on any atom is -0.461 e. The Hall–Kier alpha value is -1.74. The fraction of sp³-hybridized carbons (Fsp3) is 0.519. The van der Waals surface area contributed by atoms with Crippen LogP contribution < -0.4 is 0 Å². The fourth-order valence-corrected chi connectivity index (χ4v) is 7.30. The largest absolute Gasteiger partial charge is 0.461 e. The third-order valence-electron chi connectivity index (χ3n) is 7.76. The Bertz CT molecular complexity index is 978. The number of fused-ring (bicyclic) bond motifs is 3. The zero-order chi connectivity index (χ0) is 20.9. The van der Waals surface area contributed by atoms with Crippen molar-refractivity contribution in [1.82, 2.24) is 0 Å². The van der Waals surface area contributed by atoms with Gasteiger partial charge in [-0.25, -0.2) is 0 Å². The van der Waals surface area contributed by atoms with Gasteiger partial charge in [0.05, 0.1) is 0 Å². The van der Waals surface area contributed by atoms with Gasteiger partial charge in [0.1, 0.15) is 11.4 Å². The molecule has 2 bridgehead atoms. The molecule has 6 atom stereocenters. The van der Waals surface area contributed by atoms with Crippen LogP contribution in [0, 0.1) is 17.8 Å². The van der Waals surface area contributed by atoms with E-state index in [9.17, 15) is 4.79 Å². The Labute approximate surface area is 184 Å². The highest BCUT2D eigenvalue weighted by molar-refractivity contribution is 8.01. The normalized spacial score (nSPS) is 33.2. The van der Waals surface area contributed by atoms with Crippen LogP contribution in [0.2, 0.25) is 0 Å². The number of rotatable bonds is 4. The Morgan fingerprint density at radius 1 is 1.03 bits per heavy atom. The lowest BCUT2D eigenvalue weighted by molar-refractivity contribution is -0.156. The molecule has 1 heterocycles. The third kappa shape index (κ3) is 3.60. The summed E-state index contributed by atoms with van der Waals surface area (Å²) >= 11 is 1.80. The van der Waals surface area contributed by atoms with Crippen LogP contribution in [0.4, 0.5) is 0 Å². The van der Waals surface area contributed by atoms with Gasteiger partial charge in [0.25, 0.3) is 0 Å². The Morgan fingerprint density at radius 2 is 1.83 bits per heavy atom. The summed E-state index contributed by atoms with van der Waals surface area (Å²) < 4.78 is 6.31. The van der Waals surface area contributed by atoms with Crippen LogP contribution in [0.3, 0.4) is 0 Å². The number of hydrogen-bond donors (Lipinski definition) is 0. The van der Waals surface area contributed by atoms with Crippen LogP contribution >= 0.6 is 11.8 Å². The van der Waals surface area contributed by atoms with E-state index in [1.807, 2.05) is 0 Å². The zero-order valence-corrected chi connectivity index (χ0v) is 19.0. The predicted octanol–water partition coefficient (Wildman–Crippen LogP) is 6.53. The molecule has 0 spiro atoms. The van der Waals surface area contributed by atoms with Crippen molar-refractivity contribution in [3.05, 3.63) is 60.2 Å². The molecule has 2 fully saturated rings. The molecule has 2 aromatic rings.